The molecule has 90 valence electrons. The largest absolute Gasteiger partial charge is 0.494 e. The molecule has 0 aliphatic heterocycles. The molecule has 0 saturated heterocycles. The van der Waals surface area contributed by atoms with Gasteiger partial charge in [0, 0.05) is 5.88 Å². The third-order valence-corrected chi connectivity index (χ3v) is 3.04. The standard InChI is InChI=1S/C14H21ClO/c1-12-7-8-14(11-13(12)2)16-10-6-4-3-5-9-15/h7-8,11H,3-6,9-10H2,1-2H3. The summed E-state index contributed by atoms with van der Waals surface area (Å²) in [5.74, 6) is 1.76. The van der Waals surface area contributed by atoms with Gasteiger partial charge < -0.3 is 4.74 Å². The SMILES string of the molecule is Cc1ccc(OCCCCCCCl)cc1C. The minimum Gasteiger partial charge on any atom is -0.494 e. The zero-order valence-electron chi connectivity index (χ0n) is 10.3. The molecule has 0 unspecified atom stereocenters. The van der Waals surface area contributed by atoms with E-state index in [2.05, 4.69) is 26.0 Å². The van der Waals surface area contributed by atoms with Gasteiger partial charge in [0.2, 0.25) is 0 Å². The van der Waals surface area contributed by atoms with Crippen molar-refractivity contribution in [2.75, 3.05) is 12.5 Å². The van der Waals surface area contributed by atoms with Crippen LogP contribution in [0.5, 0.6) is 5.75 Å². The summed E-state index contributed by atoms with van der Waals surface area (Å²) in [5.41, 5.74) is 2.61. The van der Waals surface area contributed by atoms with Crippen molar-refractivity contribution in [2.24, 2.45) is 0 Å². The van der Waals surface area contributed by atoms with Gasteiger partial charge >= 0.3 is 0 Å². The Labute approximate surface area is 104 Å². The van der Waals surface area contributed by atoms with Crippen LogP contribution in [0, 0.1) is 13.8 Å². The first-order valence-electron chi connectivity index (χ1n) is 6.00. The molecule has 0 radical (unpaired) electrons. The van der Waals surface area contributed by atoms with E-state index in [-0.39, 0.29) is 0 Å². The number of alkyl halides is 1. The Kier molecular flexibility index (Phi) is 6.32. The van der Waals surface area contributed by atoms with Gasteiger partial charge in [-0.1, -0.05) is 18.9 Å². The Hall–Kier alpha value is -0.690. The Morgan fingerprint density at radius 1 is 1.00 bits per heavy atom. The van der Waals surface area contributed by atoms with E-state index in [9.17, 15) is 0 Å². The summed E-state index contributed by atoms with van der Waals surface area (Å²) in [6.45, 7) is 5.04. The molecule has 0 aliphatic carbocycles. The first kappa shape index (κ1) is 13.4. The second-order valence-electron chi connectivity index (χ2n) is 4.20. The van der Waals surface area contributed by atoms with Crippen LogP contribution in [0.25, 0.3) is 0 Å². The molecule has 0 aliphatic rings. The van der Waals surface area contributed by atoms with Crippen molar-refractivity contribution in [2.45, 2.75) is 39.5 Å². The lowest BCUT2D eigenvalue weighted by molar-refractivity contribution is 0.305. The van der Waals surface area contributed by atoms with E-state index >= 15 is 0 Å². The van der Waals surface area contributed by atoms with E-state index in [0.29, 0.717) is 0 Å². The topological polar surface area (TPSA) is 9.23 Å². The lowest BCUT2D eigenvalue weighted by atomic mass is 10.1. The predicted molar refractivity (Wildman–Crippen MR) is 70.6 cm³/mol. The Morgan fingerprint density at radius 2 is 1.75 bits per heavy atom. The maximum absolute atomic E-state index is 5.69. The molecule has 0 spiro atoms. The molecule has 0 saturated carbocycles. The zero-order chi connectivity index (χ0) is 11.8. The summed E-state index contributed by atoms with van der Waals surface area (Å²) in [4.78, 5) is 0. The molecule has 1 aromatic carbocycles. The quantitative estimate of drug-likeness (QED) is 0.504. The van der Waals surface area contributed by atoms with E-state index in [4.69, 9.17) is 16.3 Å². The number of hydrogen-bond donors (Lipinski definition) is 0. The second kappa shape index (κ2) is 7.56. The van der Waals surface area contributed by atoms with Crippen LogP contribution >= 0.6 is 11.6 Å². The van der Waals surface area contributed by atoms with Gasteiger partial charge in [-0.3, -0.25) is 0 Å². The minimum atomic E-state index is 0.776. The number of hydrogen-bond acceptors (Lipinski definition) is 1. The van der Waals surface area contributed by atoms with Crippen molar-refractivity contribution in [3.05, 3.63) is 29.3 Å². The third kappa shape index (κ3) is 4.89. The maximum Gasteiger partial charge on any atom is 0.119 e. The molecule has 0 bridgehead atoms. The molecule has 0 N–H and O–H groups in total. The number of unbranched alkanes of at least 4 members (excludes halogenated alkanes) is 3. The fraction of sp³-hybridized carbons (Fsp3) is 0.571. The van der Waals surface area contributed by atoms with Gasteiger partial charge in [0.1, 0.15) is 5.75 Å². The van der Waals surface area contributed by atoms with E-state index in [0.717, 1.165) is 31.1 Å². The third-order valence-electron chi connectivity index (χ3n) is 2.78. The van der Waals surface area contributed by atoms with Gasteiger partial charge in [-0.2, -0.15) is 0 Å². The number of aryl methyl sites for hydroxylation is 2. The molecule has 2 heteroatoms. The van der Waals surface area contributed by atoms with E-state index in [1.165, 1.54) is 24.0 Å². The van der Waals surface area contributed by atoms with Crippen LogP contribution in [0.3, 0.4) is 0 Å². The van der Waals surface area contributed by atoms with Crippen molar-refractivity contribution in [3.8, 4) is 5.75 Å². The Bertz CT molecular complexity index is 310. The molecule has 0 heterocycles. The lowest BCUT2D eigenvalue weighted by Gasteiger charge is -2.08. The molecule has 0 aromatic heterocycles. The highest BCUT2D eigenvalue weighted by Crippen LogP contribution is 2.16. The fourth-order valence-electron chi connectivity index (χ4n) is 1.54. The second-order valence-corrected chi connectivity index (χ2v) is 4.58. The summed E-state index contributed by atoms with van der Waals surface area (Å²) >= 11 is 5.61. The first-order chi connectivity index (χ1) is 7.74. The van der Waals surface area contributed by atoms with Crippen molar-refractivity contribution < 1.29 is 4.74 Å². The molecular weight excluding hydrogens is 220 g/mol. The highest BCUT2D eigenvalue weighted by molar-refractivity contribution is 6.17. The molecule has 1 rings (SSSR count). The molecule has 0 atom stereocenters. The fourth-order valence-corrected chi connectivity index (χ4v) is 1.73. The van der Waals surface area contributed by atoms with Crippen LogP contribution in [0.2, 0.25) is 0 Å². The van der Waals surface area contributed by atoms with Crippen molar-refractivity contribution in [1.29, 1.82) is 0 Å². The normalized spacial score (nSPS) is 10.4. The summed E-state index contributed by atoms with van der Waals surface area (Å²) in [6, 6.07) is 6.26. The molecule has 1 nitrogen and oxygen atoms in total. The van der Waals surface area contributed by atoms with Crippen molar-refractivity contribution in [3.63, 3.8) is 0 Å². The van der Waals surface area contributed by atoms with Gasteiger partial charge in [0.25, 0.3) is 0 Å². The monoisotopic (exact) mass is 240 g/mol. The van der Waals surface area contributed by atoms with Crippen LogP contribution in [0.4, 0.5) is 0 Å². The summed E-state index contributed by atoms with van der Waals surface area (Å²) in [5, 5.41) is 0. The van der Waals surface area contributed by atoms with Crippen LogP contribution in [0.15, 0.2) is 18.2 Å². The van der Waals surface area contributed by atoms with E-state index < -0.39 is 0 Å². The molecular formula is C14H21ClO. The van der Waals surface area contributed by atoms with Crippen molar-refractivity contribution >= 4 is 11.6 Å². The summed E-state index contributed by atoms with van der Waals surface area (Å²) < 4.78 is 5.69. The average Bonchev–Trinajstić information content (AvgIpc) is 2.28. The average molecular weight is 241 g/mol. The Morgan fingerprint density at radius 3 is 2.44 bits per heavy atom. The molecule has 0 amide bonds. The molecule has 1 aromatic rings. The molecule has 0 fully saturated rings. The van der Waals surface area contributed by atoms with Crippen molar-refractivity contribution in [1.82, 2.24) is 0 Å². The maximum atomic E-state index is 5.69. The van der Waals surface area contributed by atoms with Gasteiger partial charge in [-0.05, 0) is 49.9 Å². The lowest BCUT2D eigenvalue weighted by Crippen LogP contribution is -1.98. The van der Waals surface area contributed by atoms with Gasteiger partial charge in [0.15, 0.2) is 0 Å². The van der Waals surface area contributed by atoms with E-state index in [1.807, 2.05) is 6.07 Å². The number of benzene rings is 1. The Balaban J connectivity index is 2.19. The predicted octanol–water partition coefficient (Wildman–Crippen LogP) is 4.48. The van der Waals surface area contributed by atoms with E-state index in [1.54, 1.807) is 0 Å². The number of rotatable bonds is 7. The zero-order valence-corrected chi connectivity index (χ0v) is 11.0. The summed E-state index contributed by atoms with van der Waals surface area (Å²) in [7, 11) is 0. The van der Waals surface area contributed by atoms with Crippen LogP contribution in [-0.4, -0.2) is 12.5 Å². The highest BCUT2D eigenvalue weighted by Gasteiger charge is 1.97. The van der Waals surface area contributed by atoms with Gasteiger partial charge in [-0.25, -0.2) is 0 Å². The van der Waals surface area contributed by atoms with Crippen LogP contribution < -0.4 is 4.74 Å². The first-order valence-corrected chi connectivity index (χ1v) is 6.53. The minimum absolute atomic E-state index is 0.776. The van der Waals surface area contributed by atoms with Gasteiger partial charge in [-0.15, -0.1) is 11.6 Å². The van der Waals surface area contributed by atoms with Crippen LogP contribution in [-0.2, 0) is 0 Å². The number of ether oxygens (including phenoxy) is 1. The summed E-state index contributed by atoms with van der Waals surface area (Å²) in [6.07, 6.45) is 4.65. The van der Waals surface area contributed by atoms with Gasteiger partial charge in [0.05, 0.1) is 6.61 Å². The molecule has 16 heavy (non-hydrogen) atoms. The number of halogens is 1. The van der Waals surface area contributed by atoms with Crippen LogP contribution in [0.1, 0.15) is 36.8 Å². The highest BCUT2D eigenvalue weighted by atomic mass is 35.5. The smallest absolute Gasteiger partial charge is 0.119 e.